The number of nitrogens with one attached hydrogen (secondary N) is 2. The van der Waals surface area contributed by atoms with Crippen LogP contribution in [0.1, 0.15) is 27.5 Å². The largest absolute Gasteiger partial charge is 0.489 e. The van der Waals surface area contributed by atoms with Gasteiger partial charge in [-0.05, 0) is 35.4 Å². The third kappa shape index (κ3) is 4.58. The minimum Gasteiger partial charge on any atom is -0.489 e. The second kappa shape index (κ2) is 9.14. The molecule has 1 aliphatic heterocycles. The minimum absolute atomic E-state index is 0.138. The number of alkyl halides is 3. The summed E-state index contributed by atoms with van der Waals surface area (Å²) >= 11 is 0. The molecule has 0 bridgehead atoms. The van der Waals surface area contributed by atoms with Crippen molar-refractivity contribution in [3.63, 3.8) is 0 Å². The van der Waals surface area contributed by atoms with Crippen molar-refractivity contribution in [2.45, 2.75) is 24.6 Å². The number of aromatic nitrogens is 1. The zero-order chi connectivity index (χ0) is 24.3. The Labute approximate surface area is 192 Å². The monoisotopic (exact) mass is 471 g/mol. The van der Waals surface area contributed by atoms with Crippen LogP contribution in [0.2, 0.25) is 0 Å². The van der Waals surface area contributed by atoms with Crippen LogP contribution < -0.4 is 15.4 Å². The predicted molar refractivity (Wildman–Crippen MR) is 115 cm³/mol. The molecule has 0 saturated carbocycles. The van der Waals surface area contributed by atoms with E-state index in [2.05, 4.69) is 10.3 Å². The molecule has 7 nitrogen and oxygen atoms in total. The molecule has 3 atom stereocenters. The van der Waals surface area contributed by atoms with Gasteiger partial charge >= 0.3 is 12.2 Å². The average molecular weight is 471 g/mol. The van der Waals surface area contributed by atoms with E-state index in [-0.39, 0.29) is 17.7 Å². The Hall–Kier alpha value is -3.92. The molecule has 1 aromatic heterocycles. The lowest BCUT2D eigenvalue weighted by Gasteiger charge is -2.45. The van der Waals surface area contributed by atoms with Crippen LogP contribution >= 0.6 is 0 Å². The summed E-state index contributed by atoms with van der Waals surface area (Å²) in [5.74, 6) is -2.71. The average Bonchev–Trinajstić information content (AvgIpc) is 2.83. The number of hydrogen-bond donors (Lipinski definition) is 3. The molecule has 0 spiro atoms. The third-order valence-electron chi connectivity index (χ3n) is 5.52. The fraction of sp³-hybridized carbons (Fsp3) is 0.208. The maximum Gasteiger partial charge on any atom is 0.437 e. The Kier molecular flexibility index (Phi) is 6.25. The predicted octanol–water partition coefficient (Wildman–Crippen LogP) is 3.76. The highest BCUT2D eigenvalue weighted by atomic mass is 19.4. The number of hydrogen-bond acceptors (Lipinski definition) is 5. The first-order chi connectivity index (χ1) is 16.2. The standard InChI is InChI=1S/C24H20F3N3O4/c25-24(26,27)23(33)19(21(31)17-7-4-12-28-13-17)20(29-22(32)30-23)16-8-10-18(11-9-16)34-14-15-5-2-1-3-6-15/h1-13,19-20,33H,14H2,(H2,29,30,32)/t19-,20-,23-/m0/s1. The second-order valence-corrected chi connectivity index (χ2v) is 7.77. The number of carbonyl (C=O) groups excluding carboxylic acids is 2. The van der Waals surface area contributed by atoms with Crippen LogP contribution in [0, 0.1) is 5.92 Å². The van der Waals surface area contributed by atoms with Crippen molar-refractivity contribution in [3.05, 3.63) is 95.8 Å². The van der Waals surface area contributed by atoms with Crippen molar-refractivity contribution in [2.24, 2.45) is 5.92 Å². The SMILES string of the molecule is O=C1N[C@@H](c2ccc(OCc3ccccc3)cc2)[C@@H](C(=O)c2cccnc2)[C@](O)(C(F)(F)F)N1. The van der Waals surface area contributed by atoms with Crippen LogP contribution in [0.4, 0.5) is 18.0 Å². The van der Waals surface area contributed by atoms with Gasteiger partial charge in [-0.3, -0.25) is 9.78 Å². The Bertz CT molecular complexity index is 1160. The number of amides is 2. The molecule has 2 amide bonds. The van der Waals surface area contributed by atoms with Gasteiger partial charge in [-0.1, -0.05) is 42.5 Å². The van der Waals surface area contributed by atoms with Gasteiger partial charge in [0.25, 0.3) is 0 Å². The van der Waals surface area contributed by atoms with Gasteiger partial charge in [-0.15, -0.1) is 0 Å². The summed E-state index contributed by atoms with van der Waals surface area (Å²) < 4.78 is 47.6. The highest BCUT2D eigenvalue weighted by molar-refractivity contribution is 6.00. The number of ketones is 1. The van der Waals surface area contributed by atoms with E-state index < -0.39 is 35.7 Å². The lowest BCUT2D eigenvalue weighted by atomic mass is 9.77. The number of rotatable bonds is 6. The normalized spacial score (nSPS) is 22.4. The van der Waals surface area contributed by atoms with Gasteiger partial charge in [0.1, 0.15) is 18.3 Å². The fourth-order valence-electron chi connectivity index (χ4n) is 3.82. The molecule has 1 saturated heterocycles. The van der Waals surface area contributed by atoms with Gasteiger partial charge in [-0.25, -0.2) is 4.79 Å². The van der Waals surface area contributed by atoms with Crippen molar-refractivity contribution in [1.29, 1.82) is 0 Å². The summed E-state index contributed by atoms with van der Waals surface area (Å²) in [5.41, 5.74) is -2.82. The number of ether oxygens (including phenoxy) is 1. The lowest BCUT2D eigenvalue weighted by molar-refractivity contribution is -0.287. The van der Waals surface area contributed by atoms with Crippen molar-refractivity contribution in [1.82, 2.24) is 15.6 Å². The van der Waals surface area contributed by atoms with Crippen LogP contribution in [0.25, 0.3) is 0 Å². The summed E-state index contributed by atoms with van der Waals surface area (Å²) in [6, 6.07) is 15.2. The Balaban J connectivity index is 1.66. The maximum absolute atomic E-state index is 14.0. The van der Waals surface area contributed by atoms with E-state index in [4.69, 9.17) is 4.74 Å². The molecule has 10 heteroatoms. The second-order valence-electron chi connectivity index (χ2n) is 7.77. The summed E-state index contributed by atoms with van der Waals surface area (Å²) in [5, 5.41) is 14.4. The van der Waals surface area contributed by atoms with Crippen molar-refractivity contribution >= 4 is 11.8 Å². The van der Waals surface area contributed by atoms with Gasteiger partial charge in [0.15, 0.2) is 5.78 Å². The van der Waals surface area contributed by atoms with Crippen LogP contribution in [-0.2, 0) is 6.61 Å². The van der Waals surface area contributed by atoms with E-state index in [1.807, 2.05) is 30.3 Å². The zero-order valence-corrected chi connectivity index (χ0v) is 17.6. The van der Waals surface area contributed by atoms with Crippen molar-refractivity contribution in [3.8, 4) is 5.75 Å². The Morgan fingerprint density at radius 2 is 1.76 bits per heavy atom. The molecule has 0 aliphatic carbocycles. The first-order valence-electron chi connectivity index (χ1n) is 10.3. The summed E-state index contributed by atoms with van der Waals surface area (Å²) in [6.45, 7) is 0.278. The van der Waals surface area contributed by atoms with Crippen LogP contribution in [-0.4, -0.2) is 33.8 Å². The Morgan fingerprint density at radius 3 is 2.38 bits per heavy atom. The summed E-state index contributed by atoms with van der Waals surface area (Å²) in [6.07, 6.45) is -2.86. The zero-order valence-electron chi connectivity index (χ0n) is 17.6. The highest BCUT2D eigenvalue weighted by Crippen LogP contribution is 2.44. The summed E-state index contributed by atoms with van der Waals surface area (Å²) in [7, 11) is 0. The molecule has 1 fully saturated rings. The third-order valence-corrected chi connectivity index (χ3v) is 5.52. The van der Waals surface area contributed by atoms with E-state index in [9.17, 15) is 27.9 Å². The number of benzene rings is 2. The molecule has 0 radical (unpaired) electrons. The summed E-state index contributed by atoms with van der Waals surface area (Å²) in [4.78, 5) is 29.0. The molecule has 176 valence electrons. The highest BCUT2D eigenvalue weighted by Gasteiger charge is 2.66. The molecule has 3 aromatic rings. The molecule has 2 aromatic carbocycles. The van der Waals surface area contributed by atoms with E-state index in [0.717, 1.165) is 11.8 Å². The van der Waals surface area contributed by atoms with Crippen molar-refractivity contribution < 1.29 is 32.6 Å². The molecule has 3 N–H and O–H groups in total. The topological polar surface area (TPSA) is 101 Å². The van der Waals surface area contributed by atoms with E-state index in [0.29, 0.717) is 5.75 Å². The van der Waals surface area contributed by atoms with Gasteiger partial charge < -0.3 is 20.5 Å². The molecular formula is C24H20F3N3O4. The number of carbonyl (C=O) groups is 2. The van der Waals surface area contributed by atoms with Gasteiger partial charge in [0, 0.05) is 18.0 Å². The van der Waals surface area contributed by atoms with E-state index >= 15 is 0 Å². The molecule has 34 heavy (non-hydrogen) atoms. The first kappa shape index (κ1) is 23.2. The van der Waals surface area contributed by atoms with Crippen LogP contribution in [0.3, 0.4) is 0 Å². The number of aliphatic hydroxyl groups is 1. The van der Waals surface area contributed by atoms with Crippen molar-refractivity contribution in [2.75, 3.05) is 0 Å². The number of nitrogens with zero attached hydrogens (tertiary/aromatic N) is 1. The quantitative estimate of drug-likeness (QED) is 0.476. The minimum atomic E-state index is -5.33. The first-order valence-corrected chi connectivity index (χ1v) is 10.3. The number of pyridine rings is 1. The van der Waals surface area contributed by atoms with Gasteiger partial charge in [-0.2, -0.15) is 13.2 Å². The lowest BCUT2D eigenvalue weighted by Crippen LogP contribution is -2.72. The van der Waals surface area contributed by atoms with Crippen LogP contribution in [0.15, 0.2) is 79.1 Å². The number of urea groups is 1. The van der Waals surface area contributed by atoms with E-state index in [1.54, 1.807) is 0 Å². The van der Waals surface area contributed by atoms with Gasteiger partial charge in [0.05, 0.1) is 6.04 Å². The Morgan fingerprint density at radius 1 is 1.06 bits per heavy atom. The fourth-order valence-corrected chi connectivity index (χ4v) is 3.82. The van der Waals surface area contributed by atoms with Crippen LogP contribution in [0.5, 0.6) is 5.75 Å². The van der Waals surface area contributed by atoms with Gasteiger partial charge in [0.2, 0.25) is 5.72 Å². The van der Waals surface area contributed by atoms with E-state index in [1.165, 1.54) is 47.9 Å². The molecule has 0 unspecified atom stereocenters. The molecular weight excluding hydrogens is 451 g/mol. The molecule has 4 rings (SSSR count). The number of halogens is 3. The smallest absolute Gasteiger partial charge is 0.437 e. The molecule has 2 heterocycles. The maximum atomic E-state index is 14.0. The molecule has 1 aliphatic rings. The number of Topliss-reactive ketones (excluding diaryl/α,β-unsaturated/α-hetero) is 1.